The van der Waals surface area contributed by atoms with Gasteiger partial charge < -0.3 is 13.9 Å². The molecule has 0 aliphatic carbocycles. The van der Waals surface area contributed by atoms with Crippen LogP contribution in [0.1, 0.15) is 16.9 Å². The number of halogens is 2. The van der Waals surface area contributed by atoms with E-state index in [2.05, 4.69) is 10.2 Å². The molecule has 4 aromatic rings. The lowest BCUT2D eigenvalue weighted by atomic mass is 10.1. The Bertz CT molecular complexity index is 1190. The van der Waals surface area contributed by atoms with E-state index in [1.54, 1.807) is 18.0 Å². The highest BCUT2D eigenvalue weighted by Crippen LogP contribution is 2.36. The molecule has 0 saturated carbocycles. The Morgan fingerprint density at radius 2 is 1.90 bits per heavy atom. The second kappa shape index (κ2) is 8.96. The fourth-order valence-electron chi connectivity index (χ4n) is 3.42. The van der Waals surface area contributed by atoms with Crippen LogP contribution in [0.3, 0.4) is 0 Å². The predicted octanol–water partition coefficient (Wildman–Crippen LogP) is 6.05. The summed E-state index contributed by atoms with van der Waals surface area (Å²) in [7, 11) is 0. The van der Waals surface area contributed by atoms with Crippen LogP contribution in [0.2, 0.25) is 10.0 Å². The van der Waals surface area contributed by atoms with Crippen molar-refractivity contribution in [2.45, 2.75) is 24.1 Å². The molecule has 9 heteroatoms. The molecule has 6 nitrogen and oxygen atoms in total. The van der Waals surface area contributed by atoms with E-state index in [9.17, 15) is 0 Å². The summed E-state index contributed by atoms with van der Waals surface area (Å²) >= 11 is 13.9. The van der Waals surface area contributed by atoms with Crippen LogP contribution in [0.25, 0.3) is 11.4 Å². The Kier molecular flexibility index (Phi) is 5.91. The second-order valence-electron chi connectivity index (χ2n) is 6.93. The molecule has 1 aliphatic rings. The highest BCUT2D eigenvalue weighted by atomic mass is 35.5. The maximum Gasteiger partial charge on any atom is 0.192 e. The summed E-state index contributed by atoms with van der Waals surface area (Å²) in [5, 5.41) is 11.0. The molecule has 0 saturated heterocycles. The molecule has 0 fully saturated rings. The van der Waals surface area contributed by atoms with Gasteiger partial charge in [0.25, 0.3) is 0 Å². The van der Waals surface area contributed by atoms with Crippen LogP contribution in [-0.4, -0.2) is 21.6 Å². The molecular formula is C22H17Cl2N3O3S. The third kappa shape index (κ3) is 4.45. The highest BCUT2D eigenvalue weighted by Gasteiger charge is 2.20. The molecular weight excluding hydrogens is 457 g/mol. The number of hydrogen-bond donors (Lipinski definition) is 0. The van der Waals surface area contributed by atoms with Crippen molar-refractivity contribution >= 4 is 35.0 Å². The summed E-state index contributed by atoms with van der Waals surface area (Å²) in [4.78, 5) is 0. The summed E-state index contributed by atoms with van der Waals surface area (Å²) in [5.74, 6) is 3.02. The summed E-state index contributed by atoms with van der Waals surface area (Å²) in [6.07, 6.45) is 1.66. The number of hydrogen-bond acceptors (Lipinski definition) is 6. The number of aromatic nitrogens is 3. The molecule has 3 heterocycles. The first-order valence-electron chi connectivity index (χ1n) is 9.53. The van der Waals surface area contributed by atoms with Crippen molar-refractivity contribution in [1.29, 1.82) is 0 Å². The first-order valence-corrected chi connectivity index (χ1v) is 11.3. The molecule has 0 unspecified atom stereocenters. The van der Waals surface area contributed by atoms with Gasteiger partial charge in [-0.15, -0.1) is 10.2 Å². The van der Waals surface area contributed by atoms with Crippen molar-refractivity contribution in [3.05, 3.63) is 81.7 Å². The Morgan fingerprint density at radius 1 is 1.03 bits per heavy atom. The van der Waals surface area contributed by atoms with Gasteiger partial charge >= 0.3 is 0 Å². The average Bonchev–Trinajstić information content (AvgIpc) is 3.43. The maximum atomic E-state index is 6.31. The van der Waals surface area contributed by atoms with Crippen LogP contribution in [-0.2, 0) is 23.6 Å². The zero-order valence-corrected chi connectivity index (χ0v) is 18.6. The largest absolute Gasteiger partial charge is 0.467 e. The fourth-order valence-corrected chi connectivity index (χ4v) is 4.71. The predicted molar refractivity (Wildman–Crippen MR) is 120 cm³/mol. The van der Waals surface area contributed by atoms with E-state index < -0.39 is 0 Å². The lowest BCUT2D eigenvalue weighted by molar-refractivity contribution is -0.0168. The van der Waals surface area contributed by atoms with Gasteiger partial charge in [-0.1, -0.05) is 35.0 Å². The number of nitrogens with zero attached hydrogens (tertiary/aromatic N) is 3. The lowest BCUT2D eigenvalue weighted by Crippen LogP contribution is -2.13. The minimum absolute atomic E-state index is 0.238. The van der Waals surface area contributed by atoms with Crippen molar-refractivity contribution < 1.29 is 13.9 Å². The van der Waals surface area contributed by atoms with Crippen LogP contribution in [0, 0.1) is 0 Å². The van der Waals surface area contributed by atoms with E-state index in [-0.39, 0.29) is 6.79 Å². The number of benzene rings is 2. The second-order valence-corrected chi connectivity index (χ2v) is 8.75. The van der Waals surface area contributed by atoms with E-state index in [1.165, 1.54) is 0 Å². The van der Waals surface area contributed by atoms with Gasteiger partial charge in [0.05, 0.1) is 19.4 Å². The molecule has 158 valence electrons. The third-order valence-corrected chi connectivity index (χ3v) is 6.31. The van der Waals surface area contributed by atoms with E-state index in [0.29, 0.717) is 28.9 Å². The highest BCUT2D eigenvalue weighted by molar-refractivity contribution is 7.98. The smallest absolute Gasteiger partial charge is 0.192 e. The van der Waals surface area contributed by atoms with Crippen LogP contribution in [0.4, 0.5) is 0 Å². The van der Waals surface area contributed by atoms with Crippen LogP contribution < -0.4 is 4.74 Å². The number of ether oxygens (including phenoxy) is 2. The van der Waals surface area contributed by atoms with Crippen LogP contribution >= 0.6 is 35.0 Å². The monoisotopic (exact) mass is 473 g/mol. The zero-order valence-electron chi connectivity index (χ0n) is 16.3. The van der Waals surface area contributed by atoms with Crippen LogP contribution in [0.15, 0.2) is 64.4 Å². The van der Waals surface area contributed by atoms with Crippen molar-refractivity contribution in [3.63, 3.8) is 0 Å². The lowest BCUT2D eigenvalue weighted by Gasteiger charge is -2.21. The van der Waals surface area contributed by atoms with Gasteiger partial charge in [0.1, 0.15) is 11.5 Å². The minimum Gasteiger partial charge on any atom is -0.467 e. The van der Waals surface area contributed by atoms with E-state index in [1.807, 2.05) is 53.1 Å². The van der Waals surface area contributed by atoms with E-state index in [0.717, 1.165) is 39.2 Å². The molecule has 0 spiro atoms. The van der Waals surface area contributed by atoms with Gasteiger partial charge in [0, 0.05) is 32.5 Å². The molecule has 0 N–H and O–H groups in total. The van der Waals surface area contributed by atoms with Crippen molar-refractivity contribution in [3.8, 4) is 17.1 Å². The Labute approximate surface area is 193 Å². The fraction of sp³-hybridized carbons (Fsp3) is 0.182. The Hall–Kier alpha value is -2.45. The van der Waals surface area contributed by atoms with Crippen molar-refractivity contribution in [1.82, 2.24) is 14.8 Å². The Morgan fingerprint density at radius 3 is 2.71 bits per heavy atom. The van der Waals surface area contributed by atoms with Gasteiger partial charge in [0.2, 0.25) is 0 Å². The molecule has 5 rings (SSSR count). The van der Waals surface area contributed by atoms with Gasteiger partial charge in [0.15, 0.2) is 17.8 Å². The van der Waals surface area contributed by atoms with Gasteiger partial charge in [-0.05, 0) is 48.5 Å². The topological polar surface area (TPSA) is 62.3 Å². The van der Waals surface area contributed by atoms with Gasteiger partial charge in [-0.3, -0.25) is 4.57 Å². The maximum absolute atomic E-state index is 6.31. The van der Waals surface area contributed by atoms with E-state index in [4.69, 9.17) is 37.1 Å². The molecule has 2 aromatic heterocycles. The number of furan rings is 1. The molecule has 0 radical (unpaired) electrons. The molecule has 1 aliphatic heterocycles. The molecule has 2 aromatic carbocycles. The molecule has 0 bridgehead atoms. The van der Waals surface area contributed by atoms with E-state index >= 15 is 0 Å². The standard InChI is InChI=1S/C22H17Cl2N3O3S/c23-17-5-3-14(4-6-17)21-25-26-22(27(21)10-19-2-1-7-29-19)31-12-16-9-18(24)8-15-11-28-13-30-20(15)16/h1-9H,10-13H2. The number of fused-ring (bicyclic) bond motifs is 1. The SMILES string of the molecule is Clc1ccc(-c2nnc(SCc3cc(Cl)cc4c3OCOC4)n2Cc2ccco2)cc1. The zero-order chi connectivity index (χ0) is 21.2. The van der Waals surface area contributed by atoms with Crippen molar-refractivity contribution in [2.24, 2.45) is 0 Å². The van der Waals surface area contributed by atoms with Gasteiger partial charge in [-0.2, -0.15) is 0 Å². The molecule has 0 atom stereocenters. The minimum atomic E-state index is 0.238. The first kappa shape index (κ1) is 20.5. The average molecular weight is 474 g/mol. The first-order chi connectivity index (χ1) is 15.2. The third-order valence-electron chi connectivity index (χ3n) is 4.82. The Balaban J connectivity index is 1.47. The normalized spacial score (nSPS) is 13.1. The summed E-state index contributed by atoms with van der Waals surface area (Å²) in [6.45, 7) is 1.24. The van der Waals surface area contributed by atoms with Gasteiger partial charge in [-0.25, -0.2) is 0 Å². The van der Waals surface area contributed by atoms with Crippen molar-refractivity contribution in [2.75, 3.05) is 6.79 Å². The summed E-state index contributed by atoms with van der Waals surface area (Å²) in [5.41, 5.74) is 2.88. The molecule has 0 amide bonds. The number of thioether (sulfide) groups is 1. The van der Waals surface area contributed by atoms with Crippen LogP contribution in [0.5, 0.6) is 5.75 Å². The summed E-state index contributed by atoms with van der Waals surface area (Å²) in [6, 6.07) is 15.1. The summed E-state index contributed by atoms with van der Waals surface area (Å²) < 4.78 is 18.7. The number of rotatable bonds is 6. The molecule has 31 heavy (non-hydrogen) atoms. The quantitative estimate of drug-likeness (QED) is 0.317.